The minimum atomic E-state index is -0.00704. The number of carbonyl (C=O) groups excluding carboxylic acids is 1. The Morgan fingerprint density at radius 1 is 1.19 bits per heavy atom. The summed E-state index contributed by atoms with van der Waals surface area (Å²) in [7, 11) is 1.98. The lowest BCUT2D eigenvalue weighted by molar-refractivity contribution is 0.0371. The highest BCUT2D eigenvalue weighted by atomic mass is 16.2. The van der Waals surface area contributed by atoms with E-state index in [9.17, 15) is 4.79 Å². The van der Waals surface area contributed by atoms with E-state index in [0.29, 0.717) is 12.1 Å². The number of para-hydroxylation sites is 1. The van der Waals surface area contributed by atoms with Crippen LogP contribution in [-0.2, 0) is 7.05 Å². The predicted octanol–water partition coefficient (Wildman–Crippen LogP) is 3.09. The average molecular weight is 285 g/mol. The molecule has 0 spiro atoms. The van der Waals surface area contributed by atoms with Crippen molar-refractivity contribution in [2.45, 2.75) is 45.2 Å². The fraction of sp³-hybridized carbons (Fsp3) is 0.471. The molecule has 2 aromatic rings. The first-order chi connectivity index (χ1) is 10.1. The zero-order valence-corrected chi connectivity index (χ0v) is 13.0. The van der Waals surface area contributed by atoms with Crippen molar-refractivity contribution in [3.05, 3.63) is 36.0 Å². The first kappa shape index (κ1) is 14.1. The van der Waals surface area contributed by atoms with Gasteiger partial charge in [0.2, 0.25) is 0 Å². The Balaban J connectivity index is 1.87. The third-order valence-electron chi connectivity index (χ3n) is 4.57. The van der Waals surface area contributed by atoms with E-state index in [2.05, 4.69) is 24.3 Å². The number of hydrazine groups is 1. The molecule has 3 rings (SSSR count). The molecule has 4 heteroatoms. The van der Waals surface area contributed by atoms with E-state index in [1.807, 2.05) is 42.1 Å². The highest BCUT2D eigenvalue weighted by molar-refractivity contribution is 6.06. The molecule has 1 aromatic heterocycles. The second-order valence-electron chi connectivity index (χ2n) is 6.15. The van der Waals surface area contributed by atoms with E-state index < -0.39 is 0 Å². The molecule has 1 aromatic carbocycles. The van der Waals surface area contributed by atoms with Gasteiger partial charge in [-0.05, 0) is 32.8 Å². The van der Waals surface area contributed by atoms with E-state index in [1.54, 1.807) is 0 Å². The number of benzene rings is 1. The minimum absolute atomic E-state index is 0.00704. The third kappa shape index (κ3) is 2.56. The molecule has 4 nitrogen and oxygen atoms in total. The number of aryl methyl sites for hydroxylation is 1. The van der Waals surface area contributed by atoms with E-state index in [0.717, 1.165) is 29.3 Å². The van der Waals surface area contributed by atoms with Crippen LogP contribution < -0.4 is 5.43 Å². The summed E-state index contributed by atoms with van der Waals surface area (Å²) in [6.07, 6.45) is 5.43. The number of amides is 1. The number of fused-ring (bicyclic) bond motifs is 1. The lowest BCUT2D eigenvalue weighted by Gasteiger charge is -2.38. The number of nitrogens with zero attached hydrogens (tertiary/aromatic N) is 2. The number of hydrogen-bond acceptors (Lipinski definition) is 2. The first-order valence-electron chi connectivity index (χ1n) is 7.71. The second kappa shape index (κ2) is 5.53. The molecule has 0 radical (unpaired) electrons. The summed E-state index contributed by atoms with van der Waals surface area (Å²) >= 11 is 0. The van der Waals surface area contributed by atoms with Crippen LogP contribution in [0.1, 0.15) is 43.5 Å². The summed E-state index contributed by atoms with van der Waals surface area (Å²) in [5, 5.41) is 3.13. The molecule has 0 bridgehead atoms. The maximum Gasteiger partial charge on any atom is 0.267 e. The normalized spacial score (nSPS) is 23.4. The fourth-order valence-corrected chi connectivity index (χ4v) is 3.34. The summed E-state index contributed by atoms with van der Waals surface area (Å²) < 4.78 is 2.01. The summed E-state index contributed by atoms with van der Waals surface area (Å²) in [6, 6.07) is 8.82. The van der Waals surface area contributed by atoms with Crippen molar-refractivity contribution in [3.8, 4) is 0 Å². The Morgan fingerprint density at radius 3 is 2.57 bits per heavy atom. The molecule has 21 heavy (non-hydrogen) atoms. The monoisotopic (exact) mass is 285 g/mol. The summed E-state index contributed by atoms with van der Waals surface area (Å²) in [6.45, 7) is 4.36. The van der Waals surface area contributed by atoms with Gasteiger partial charge in [0.25, 0.3) is 5.91 Å². The topological polar surface area (TPSA) is 37.3 Å². The van der Waals surface area contributed by atoms with Crippen LogP contribution in [0.5, 0.6) is 0 Å². The van der Waals surface area contributed by atoms with E-state index >= 15 is 0 Å². The molecule has 1 N–H and O–H groups in total. The first-order valence-corrected chi connectivity index (χ1v) is 7.71. The third-order valence-corrected chi connectivity index (χ3v) is 4.57. The molecular weight excluding hydrogens is 262 g/mol. The lowest BCUT2D eigenvalue weighted by Crippen LogP contribution is -2.54. The molecule has 2 heterocycles. The highest BCUT2D eigenvalue weighted by Crippen LogP contribution is 2.23. The van der Waals surface area contributed by atoms with Crippen LogP contribution in [0.4, 0.5) is 0 Å². The largest absolute Gasteiger partial charge is 0.350 e. The lowest BCUT2D eigenvalue weighted by atomic mass is 10.00. The van der Waals surface area contributed by atoms with Crippen molar-refractivity contribution < 1.29 is 4.79 Å². The van der Waals surface area contributed by atoms with Gasteiger partial charge < -0.3 is 4.57 Å². The Kier molecular flexibility index (Phi) is 3.72. The van der Waals surface area contributed by atoms with Gasteiger partial charge in [-0.2, -0.15) is 0 Å². The molecule has 1 saturated heterocycles. The summed E-state index contributed by atoms with van der Waals surface area (Å²) in [5.74, 6) is -0.00704. The maximum atomic E-state index is 12.7. The van der Waals surface area contributed by atoms with Crippen LogP contribution in [0.25, 0.3) is 10.9 Å². The Labute approximate surface area is 125 Å². The Morgan fingerprint density at radius 2 is 1.86 bits per heavy atom. The molecule has 1 aliphatic heterocycles. The summed E-state index contributed by atoms with van der Waals surface area (Å²) in [4.78, 5) is 12.7. The molecule has 1 fully saturated rings. The van der Waals surface area contributed by atoms with Crippen molar-refractivity contribution >= 4 is 16.8 Å². The van der Waals surface area contributed by atoms with Crippen LogP contribution in [-0.4, -0.2) is 27.6 Å². The zero-order chi connectivity index (χ0) is 15.0. The summed E-state index contributed by atoms with van der Waals surface area (Å²) in [5.41, 5.74) is 4.95. The molecular formula is C17H23N3O. The fourth-order valence-electron chi connectivity index (χ4n) is 3.34. The van der Waals surface area contributed by atoms with E-state index in [-0.39, 0.29) is 5.91 Å². The van der Waals surface area contributed by atoms with Crippen molar-refractivity contribution in [1.29, 1.82) is 0 Å². The van der Waals surface area contributed by atoms with Gasteiger partial charge in [-0.1, -0.05) is 24.6 Å². The second-order valence-corrected chi connectivity index (χ2v) is 6.15. The van der Waals surface area contributed by atoms with Gasteiger partial charge in [-0.25, -0.2) is 5.01 Å². The standard InChI is InChI=1S/C17H23N3O/c1-12-7-6-8-13(2)20(12)18-17(21)15-11-19(3)16-10-5-4-9-14(15)16/h4-5,9-13H,6-8H2,1-3H3,(H,18,21). The average Bonchev–Trinajstić information content (AvgIpc) is 2.81. The molecule has 2 unspecified atom stereocenters. The number of carbonyl (C=O) groups is 1. The van der Waals surface area contributed by atoms with Crippen LogP contribution in [0.15, 0.2) is 30.5 Å². The van der Waals surface area contributed by atoms with Gasteiger partial charge in [-0.3, -0.25) is 10.2 Å². The van der Waals surface area contributed by atoms with Crippen molar-refractivity contribution in [2.75, 3.05) is 0 Å². The quantitative estimate of drug-likeness (QED) is 0.920. The molecule has 2 atom stereocenters. The number of rotatable bonds is 2. The smallest absolute Gasteiger partial charge is 0.267 e. The van der Waals surface area contributed by atoms with Crippen LogP contribution in [0, 0.1) is 0 Å². The van der Waals surface area contributed by atoms with Gasteiger partial charge >= 0.3 is 0 Å². The van der Waals surface area contributed by atoms with Crippen LogP contribution >= 0.6 is 0 Å². The highest BCUT2D eigenvalue weighted by Gasteiger charge is 2.27. The number of nitrogens with one attached hydrogen (secondary N) is 1. The van der Waals surface area contributed by atoms with Crippen molar-refractivity contribution in [2.24, 2.45) is 7.05 Å². The van der Waals surface area contributed by atoms with Crippen molar-refractivity contribution in [3.63, 3.8) is 0 Å². The Bertz CT molecular complexity index is 651. The molecule has 0 aliphatic carbocycles. The molecule has 112 valence electrons. The van der Waals surface area contributed by atoms with E-state index in [4.69, 9.17) is 0 Å². The number of hydrogen-bond donors (Lipinski definition) is 1. The minimum Gasteiger partial charge on any atom is -0.350 e. The zero-order valence-electron chi connectivity index (χ0n) is 13.0. The van der Waals surface area contributed by atoms with Crippen molar-refractivity contribution in [1.82, 2.24) is 15.0 Å². The van der Waals surface area contributed by atoms with Gasteiger partial charge in [0.1, 0.15) is 0 Å². The van der Waals surface area contributed by atoms with Crippen LogP contribution in [0.2, 0.25) is 0 Å². The van der Waals surface area contributed by atoms with Gasteiger partial charge in [0.05, 0.1) is 5.56 Å². The molecule has 1 amide bonds. The van der Waals surface area contributed by atoms with Gasteiger partial charge in [-0.15, -0.1) is 0 Å². The van der Waals surface area contributed by atoms with E-state index in [1.165, 1.54) is 6.42 Å². The SMILES string of the molecule is CC1CCCC(C)N1NC(=O)c1cn(C)c2ccccc12. The van der Waals surface area contributed by atoms with Gasteiger partial charge in [0.15, 0.2) is 0 Å². The predicted molar refractivity (Wildman–Crippen MR) is 85.0 cm³/mol. The number of piperidine rings is 1. The Hall–Kier alpha value is -1.81. The van der Waals surface area contributed by atoms with Gasteiger partial charge in [0, 0.05) is 36.2 Å². The number of aromatic nitrogens is 1. The maximum absolute atomic E-state index is 12.7. The molecule has 1 aliphatic rings. The molecule has 0 saturated carbocycles. The van der Waals surface area contributed by atoms with Crippen LogP contribution in [0.3, 0.4) is 0 Å².